The second-order valence-corrected chi connectivity index (χ2v) is 4.15. The second-order valence-electron chi connectivity index (χ2n) is 4.15. The molecule has 2 unspecified atom stereocenters. The maximum Gasteiger partial charge on any atom is 0.216 e. The number of amides is 1. The van der Waals surface area contributed by atoms with Crippen molar-refractivity contribution < 1.29 is 23.8 Å². The standard InChI is InChI=1S/C12H16F2N2O3/c1-6(17)16-5-4-9(18)12(19)10-7(13)2-3-8(15)11(10)14/h2-3,9,12,18-19H,4-5,15H2,1H3,(H,16,17). The minimum atomic E-state index is -1.75. The van der Waals surface area contributed by atoms with E-state index < -0.39 is 29.4 Å². The summed E-state index contributed by atoms with van der Waals surface area (Å²) >= 11 is 0. The Labute approximate surface area is 109 Å². The third-order valence-corrected chi connectivity index (χ3v) is 2.63. The van der Waals surface area contributed by atoms with Crippen LogP contribution in [0.25, 0.3) is 0 Å². The molecule has 0 aliphatic heterocycles. The van der Waals surface area contributed by atoms with Crippen LogP contribution in [0.2, 0.25) is 0 Å². The van der Waals surface area contributed by atoms with Crippen LogP contribution < -0.4 is 11.1 Å². The van der Waals surface area contributed by atoms with E-state index in [4.69, 9.17) is 5.73 Å². The Bertz CT molecular complexity index is 469. The van der Waals surface area contributed by atoms with Crippen LogP contribution in [-0.4, -0.2) is 28.8 Å². The Balaban J connectivity index is 2.79. The van der Waals surface area contributed by atoms with Gasteiger partial charge in [0, 0.05) is 13.5 Å². The molecule has 0 saturated heterocycles. The normalized spacial score (nSPS) is 13.9. The molecule has 1 aromatic rings. The van der Waals surface area contributed by atoms with Gasteiger partial charge in [-0.05, 0) is 18.6 Å². The molecular formula is C12H16F2N2O3. The molecule has 0 saturated carbocycles. The molecule has 2 atom stereocenters. The van der Waals surface area contributed by atoms with Gasteiger partial charge in [-0.2, -0.15) is 0 Å². The fraction of sp³-hybridized carbons (Fsp3) is 0.417. The van der Waals surface area contributed by atoms with Crippen LogP contribution in [0.3, 0.4) is 0 Å². The van der Waals surface area contributed by atoms with Crippen LogP contribution >= 0.6 is 0 Å². The van der Waals surface area contributed by atoms with Crippen LogP contribution in [0.5, 0.6) is 0 Å². The van der Waals surface area contributed by atoms with Crippen molar-refractivity contribution in [2.24, 2.45) is 0 Å². The monoisotopic (exact) mass is 274 g/mol. The molecule has 1 rings (SSSR count). The number of carbonyl (C=O) groups excluding carboxylic acids is 1. The number of aliphatic hydroxyl groups excluding tert-OH is 2. The Morgan fingerprint density at radius 3 is 2.63 bits per heavy atom. The van der Waals surface area contributed by atoms with Crippen LogP contribution in [0.4, 0.5) is 14.5 Å². The Hall–Kier alpha value is -1.73. The van der Waals surface area contributed by atoms with Crippen LogP contribution in [0, 0.1) is 11.6 Å². The number of nitrogens with two attached hydrogens (primary N) is 1. The number of hydrogen-bond donors (Lipinski definition) is 4. The highest BCUT2D eigenvalue weighted by Crippen LogP contribution is 2.27. The summed E-state index contributed by atoms with van der Waals surface area (Å²) < 4.78 is 27.1. The van der Waals surface area contributed by atoms with E-state index in [0.717, 1.165) is 12.1 Å². The number of nitrogen functional groups attached to an aromatic ring is 1. The smallest absolute Gasteiger partial charge is 0.216 e. The van der Waals surface area contributed by atoms with Crippen molar-refractivity contribution in [3.05, 3.63) is 29.3 Å². The molecule has 5 nitrogen and oxygen atoms in total. The van der Waals surface area contributed by atoms with E-state index in [1.54, 1.807) is 0 Å². The summed E-state index contributed by atoms with van der Waals surface area (Å²) in [5.41, 5.74) is 4.29. The summed E-state index contributed by atoms with van der Waals surface area (Å²) in [6.07, 6.45) is -3.22. The summed E-state index contributed by atoms with van der Waals surface area (Å²) in [4.78, 5) is 10.6. The van der Waals surface area contributed by atoms with Gasteiger partial charge in [0.15, 0.2) is 5.82 Å². The third-order valence-electron chi connectivity index (χ3n) is 2.63. The minimum Gasteiger partial charge on any atom is -0.396 e. The molecule has 0 heterocycles. The van der Waals surface area contributed by atoms with E-state index in [2.05, 4.69) is 5.32 Å². The van der Waals surface area contributed by atoms with Gasteiger partial charge < -0.3 is 21.3 Å². The van der Waals surface area contributed by atoms with Gasteiger partial charge in [0.1, 0.15) is 11.9 Å². The molecule has 7 heteroatoms. The van der Waals surface area contributed by atoms with Gasteiger partial charge in [0.05, 0.1) is 17.4 Å². The number of halogens is 2. The lowest BCUT2D eigenvalue weighted by atomic mass is 10.00. The topological polar surface area (TPSA) is 95.6 Å². The average Bonchev–Trinajstić information content (AvgIpc) is 2.33. The average molecular weight is 274 g/mol. The van der Waals surface area contributed by atoms with E-state index in [9.17, 15) is 23.8 Å². The summed E-state index contributed by atoms with van der Waals surface area (Å²) in [7, 11) is 0. The minimum absolute atomic E-state index is 0.0472. The van der Waals surface area contributed by atoms with E-state index in [1.807, 2.05) is 0 Å². The number of hydrogen-bond acceptors (Lipinski definition) is 4. The number of anilines is 1. The number of benzene rings is 1. The van der Waals surface area contributed by atoms with Crippen molar-refractivity contribution in [1.29, 1.82) is 0 Å². The molecule has 106 valence electrons. The first-order valence-electron chi connectivity index (χ1n) is 5.68. The van der Waals surface area contributed by atoms with E-state index >= 15 is 0 Å². The predicted octanol–water partition coefficient (Wildman–Crippen LogP) is 0.467. The summed E-state index contributed by atoms with van der Waals surface area (Å²) in [6, 6.07) is 1.95. The number of aliphatic hydroxyl groups is 2. The quantitative estimate of drug-likeness (QED) is 0.587. The Morgan fingerprint density at radius 2 is 2.05 bits per heavy atom. The highest BCUT2D eigenvalue weighted by Gasteiger charge is 2.26. The van der Waals surface area contributed by atoms with Crippen molar-refractivity contribution in [3.63, 3.8) is 0 Å². The van der Waals surface area contributed by atoms with Gasteiger partial charge >= 0.3 is 0 Å². The Kier molecular flexibility index (Phi) is 5.20. The van der Waals surface area contributed by atoms with Crippen molar-refractivity contribution in [3.8, 4) is 0 Å². The lowest BCUT2D eigenvalue weighted by Gasteiger charge is -2.19. The highest BCUT2D eigenvalue weighted by atomic mass is 19.1. The van der Waals surface area contributed by atoms with Crippen LogP contribution in [-0.2, 0) is 4.79 Å². The van der Waals surface area contributed by atoms with Gasteiger partial charge in [-0.3, -0.25) is 4.79 Å². The fourth-order valence-corrected chi connectivity index (χ4v) is 1.60. The van der Waals surface area contributed by atoms with Crippen molar-refractivity contribution in [2.45, 2.75) is 25.6 Å². The second kappa shape index (κ2) is 6.44. The van der Waals surface area contributed by atoms with E-state index in [1.165, 1.54) is 6.92 Å². The van der Waals surface area contributed by atoms with Crippen LogP contribution in [0.15, 0.2) is 12.1 Å². The molecule has 1 amide bonds. The largest absolute Gasteiger partial charge is 0.396 e. The lowest BCUT2D eigenvalue weighted by molar-refractivity contribution is -0.119. The summed E-state index contributed by atoms with van der Waals surface area (Å²) in [5, 5.41) is 21.8. The van der Waals surface area contributed by atoms with Crippen molar-refractivity contribution in [1.82, 2.24) is 5.32 Å². The SMILES string of the molecule is CC(=O)NCCC(O)C(O)c1c(F)ccc(N)c1F. The molecule has 0 radical (unpaired) electrons. The number of carbonyl (C=O) groups is 1. The first-order valence-corrected chi connectivity index (χ1v) is 5.68. The Morgan fingerprint density at radius 1 is 1.42 bits per heavy atom. The van der Waals surface area contributed by atoms with E-state index in [0.29, 0.717) is 0 Å². The van der Waals surface area contributed by atoms with Crippen molar-refractivity contribution >= 4 is 11.6 Å². The fourth-order valence-electron chi connectivity index (χ4n) is 1.60. The first-order chi connectivity index (χ1) is 8.84. The first kappa shape index (κ1) is 15.3. The molecular weight excluding hydrogens is 258 g/mol. The van der Waals surface area contributed by atoms with Gasteiger partial charge in [0.25, 0.3) is 0 Å². The maximum absolute atomic E-state index is 13.6. The zero-order valence-corrected chi connectivity index (χ0v) is 10.4. The predicted molar refractivity (Wildman–Crippen MR) is 65.0 cm³/mol. The molecule has 1 aromatic carbocycles. The molecule has 0 aliphatic carbocycles. The molecule has 0 aromatic heterocycles. The van der Waals surface area contributed by atoms with Gasteiger partial charge in [-0.15, -0.1) is 0 Å². The highest BCUT2D eigenvalue weighted by molar-refractivity contribution is 5.72. The molecule has 0 bridgehead atoms. The molecule has 0 spiro atoms. The number of nitrogens with one attached hydrogen (secondary N) is 1. The number of rotatable bonds is 5. The summed E-state index contributed by atoms with van der Waals surface area (Å²) in [6.45, 7) is 1.37. The van der Waals surface area contributed by atoms with Gasteiger partial charge in [-0.25, -0.2) is 8.78 Å². The van der Waals surface area contributed by atoms with E-state index in [-0.39, 0.29) is 24.6 Å². The summed E-state index contributed by atoms with van der Waals surface area (Å²) in [5.74, 6) is -2.38. The van der Waals surface area contributed by atoms with Gasteiger partial charge in [0.2, 0.25) is 5.91 Å². The third kappa shape index (κ3) is 3.87. The molecule has 5 N–H and O–H groups in total. The zero-order valence-electron chi connectivity index (χ0n) is 10.4. The van der Waals surface area contributed by atoms with Crippen molar-refractivity contribution in [2.75, 3.05) is 12.3 Å². The van der Waals surface area contributed by atoms with Crippen LogP contribution in [0.1, 0.15) is 25.0 Å². The molecule has 0 aliphatic rings. The molecule has 19 heavy (non-hydrogen) atoms. The maximum atomic E-state index is 13.6. The molecule has 0 fully saturated rings. The lowest BCUT2D eigenvalue weighted by Crippen LogP contribution is -2.28. The zero-order chi connectivity index (χ0) is 14.6. The van der Waals surface area contributed by atoms with Gasteiger partial charge in [-0.1, -0.05) is 0 Å².